The number of hydrogen-bond donors (Lipinski definition) is 1. The Kier molecular flexibility index (Phi) is 6.49. The highest BCUT2D eigenvalue weighted by Gasteiger charge is 2.22. The fourth-order valence-electron chi connectivity index (χ4n) is 3.24. The first-order chi connectivity index (χ1) is 11.6. The van der Waals surface area contributed by atoms with Crippen LogP contribution in [-0.2, 0) is 4.74 Å². The summed E-state index contributed by atoms with van der Waals surface area (Å²) >= 11 is 3.97. The summed E-state index contributed by atoms with van der Waals surface area (Å²) < 4.78 is 6.27. The monoisotopic (exact) mass is 366 g/mol. The predicted octanol–water partition coefficient (Wildman–Crippen LogP) is 3.00. The van der Waals surface area contributed by atoms with Crippen LogP contribution in [0, 0.1) is 0 Å². The molecule has 4 nitrogen and oxygen atoms in total. The molecule has 132 valence electrons. The Morgan fingerprint density at radius 2 is 1.79 bits per heavy atom. The minimum atomic E-state index is 0.0163. The lowest BCUT2D eigenvalue weighted by Crippen LogP contribution is -2.47. The molecule has 1 N–H and O–H groups in total. The van der Waals surface area contributed by atoms with Crippen molar-refractivity contribution in [3.8, 4) is 0 Å². The van der Waals surface area contributed by atoms with E-state index >= 15 is 0 Å². The van der Waals surface area contributed by atoms with Crippen molar-refractivity contribution in [1.82, 2.24) is 10.2 Å². The highest BCUT2D eigenvalue weighted by molar-refractivity contribution is 8.19. The quantitative estimate of drug-likeness (QED) is 0.868. The second-order valence-electron chi connectivity index (χ2n) is 6.47. The molecule has 2 saturated heterocycles. The Labute approximate surface area is 153 Å². The molecule has 1 amide bonds. The van der Waals surface area contributed by atoms with Crippen LogP contribution < -0.4 is 5.32 Å². The molecule has 1 aromatic rings. The molecule has 2 aliphatic heterocycles. The van der Waals surface area contributed by atoms with Gasteiger partial charge in [0.2, 0.25) is 0 Å². The van der Waals surface area contributed by atoms with E-state index in [9.17, 15) is 4.79 Å². The first-order valence-electron chi connectivity index (χ1n) is 8.61. The number of benzene rings is 1. The molecule has 2 unspecified atom stereocenters. The van der Waals surface area contributed by atoms with Gasteiger partial charge in [0.05, 0.1) is 16.8 Å². The summed E-state index contributed by atoms with van der Waals surface area (Å²) in [7, 11) is 0. The first kappa shape index (κ1) is 18.1. The number of thioether (sulfide) groups is 2. The summed E-state index contributed by atoms with van der Waals surface area (Å²) in [6, 6.07) is 8.08. The van der Waals surface area contributed by atoms with Crippen molar-refractivity contribution in [3.63, 3.8) is 0 Å². The van der Waals surface area contributed by atoms with Crippen molar-refractivity contribution in [2.24, 2.45) is 0 Å². The van der Waals surface area contributed by atoms with Crippen LogP contribution in [0.3, 0.4) is 0 Å². The smallest absolute Gasteiger partial charge is 0.251 e. The molecule has 6 heteroatoms. The van der Waals surface area contributed by atoms with E-state index in [4.69, 9.17) is 4.74 Å². The van der Waals surface area contributed by atoms with Crippen molar-refractivity contribution in [3.05, 3.63) is 35.4 Å². The number of rotatable bonds is 5. The third kappa shape index (κ3) is 4.91. The van der Waals surface area contributed by atoms with E-state index in [1.807, 2.05) is 35.7 Å². The van der Waals surface area contributed by atoms with Crippen LogP contribution in [0.15, 0.2) is 24.3 Å². The molecule has 0 spiro atoms. The van der Waals surface area contributed by atoms with Crippen LogP contribution in [-0.4, -0.2) is 60.7 Å². The van der Waals surface area contributed by atoms with Gasteiger partial charge in [0.15, 0.2) is 0 Å². The molecular weight excluding hydrogens is 340 g/mol. The largest absolute Gasteiger partial charge is 0.373 e. The summed E-state index contributed by atoms with van der Waals surface area (Å²) in [6.45, 7) is 7.62. The molecule has 0 radical (unpaired) electrons. The SMILES string of the molecule is CC1CN(CCNC(=O)c2ccc(C3SCCS3)cc2)CC(C)O1. The first-order valence-corrected chi connectivity index (χ1v) is 10.7. The van der Waals surface area contributed by atoms with Gasteiger partial charge in [0.1, 0.15) is 0 Å². The number of nitrogens with one attached hydrogen (secondary N) is 1. The number of hydrogen-bond acceptors (Lipinski definition) is 5. The van der Waals surface area contributed by atoms with Crippen LogP contribution >= 0.6 is 23.5 Å². The van der Waals surface area contributed by atoms with Crippen LogP contribution in [0.25, 0.3) is 0 Å². The third-order valence-corrected chi connectivity index (χ3v) is 7.38. The lowest BCUT2D eigenvalue weighted by molar-refractivity contribution is -0.0672. The average Bonchev–Trinajstić information content (AvgIpc) is 3.08. The molecule has 1 aromatic carbocycles. The average molecular weight is 367 g/mol. The van der Waals surface area contributed by atoms with E-state index in [0.29, 0.717) is 11.1 Å². The number of carbonyl (C=O) groups excluding carboxylic acids is 1. The van der Waals surface area contributed by atoms with E-state index in [1.54, 1.807) is 0 Å². The maximum absolute atomic E-state index is 12.3. The van der Waals surface area contributed by atoms with E-state index < -0.39 is 0 Å². The normalized spacial score (nSPS) is 25.8. The van der Waals surface area contributed by atoms with Gasteiger partial charge in [-0.05, 0) is 31.5 Å². The maximum Gasteiger partial charge on any atom is 0.251 e. The summed E-state index contributed by atoms with van der Waals surface area (Å²) in [5.74, 6) is 2.45. The minimum absolute atomic E-state index is 0.0163. The van der Waals surface area contributed by atoms with Gasteiger partial charge in [-0.25, -0.2) is 0 Å². The van der Waals surface area contributed by atoms with Crippen molar-refractivity contribution >= 4 is 29.4 Å². The molecule has 0 saturated carbocycles. The van der Waals surface area contributed by atoms with Gasteiger partial charge in [0, 0.05) is 43.2 Å². The Morgan fingerprint density at radius 3 is 2.42 bits per heavy atom. The van der Waals surface area contributed by atoms with Crippen LogP contribution in [0.4, 0.5) is 0 Å². The minimum Gasteiger partial charge on any atom is -0.373 e. The summed E-state index contributed by atoms with van der Waals surface area (Å²) in [5, 5.41) is 3.03. The van der Waals surface area contributed by atoms with Gasteiger partial charge in [-0.15, -0.1) is 23.5 Å². The van der Waals surface area contributed by atoms with Gasteiger partial charge >= 0.3 is 0 Å². The number of ether oxygens (including phenoxy) is 1. The van der Waals surface area contributed by atoms with Crippen molar-refractivity contribution in [1.29, 1.82) is 0 Å². The van der Waals surface area contributed by atoms with Crippen molar-refractivity contribution < 1.29 is 9.53 Å². The Hall–Kier alpha value is -0.690. The summed E-state index contributed by atoms with van der Waals surface area (Å²) in [6.07, 6.45) is 0.534. The molecule has 0 aromatic heterocycles. The number of nitrogens with zero attached hydrogens (tertiary/aromatic N) is 1. The zero-order valence-corrected chi connectivity index (χ0v) is 16.0. The lowest BCUT2D eigenvalue weighted by atomic mass is 10.1. The molecule has 2 aliphatic rings. The highest BCUT2D eigenvalue weighted by atomic mass is 32.2. The fraction of sp³-hybridized carbons (Fsp3) is 0.611. The van der Waals surface area contributed by atoms with Crippen LogP contribution in [0.2, 0.25) is 0 Å². The second kappa shape index (κ2) is 8.61. The molecule has 2 fully saturated rings. The molecule has 0 bridgehead atoms. The molecule has 2 heterocycles. The standard InChI is InChI=1S/C18H26N2O2S2/c1-13-11-20(12-14(2)22-13)8-7-19-17(21)15-3-5-16(6-4-15)18-23-9-10-24-18/h3-6,13-14,18H,7-12H2,1-2H3,(H,19,21). The van der Waals surface area contributed by atoms with Crippen molar-refractivity contribution in [2.75, 3.05) is 37.7 Å². The predicted molar refractivity (Wildman–Crippen MR) is 103 cm³/mol. The lowest BCUT2D eigenvalue weighted by Gasteiger charge is -2.35. The Balaban J connectivity index is 1.44. The van der Waals surface area contributed by atoms with Gasteiger partial charge in [-0.1, -0.05) is 12.1 Å². The molecule has 3 rings (SSSR count). The van der Waals surface area contributed by atoms with Gasteiger partial charge in [-0.2, -0.15) is 0 Å². The van der Waals surface area contributed by atoms with Gasteiger partial charge in [0.25, 0.3) is 5.91 Å². The molecule has 0 aliphatic carbocycles. The zero-order chi connectivity index (χ0) is 16.9. The molecular formula is C18H26N2O2S2. The number of morpholine rings is 1. The topological polar surface area (TPSA) is 41.6 Å². The number of amides is 1. The van der Waals surface area contributed by atoms with E-state index in [2.05, 4.69) is 36.2 Å². The van der Waals surface area contributed by atoms with E-state index in [-0.39, 0.29) is 18.1 Å². The van der Waals surface area contributed by atoms with E-state index in [0.717, 1.165) is 25.2 Å². The third-order valence-electron chi connectivity index (χ3n) is 4.28. The van der Waals surface area contributed by atoms with E-state index in [1.165, 1.54) is 17.1 Å². The fourth-order valence-corrected chi connectivity index (χ4v) is 6.10. The van der Waals surface area contributed by atoms with Crippen LogP contribution in [0.5, 0.6) is 0 Å². The second-order valence-corrected chi connectivity index (χ2v) is 9.19. The van der Waals surface area contributed by atoms with Crippen LogP contribution in [0.1, 0.15) is 34.4 Å². The molecule has 24 heavy (non-hydrogen) atoms. The van der Waals surface area contributed by atoms with Crippen molar-refractivity contribution in [2.45, 2.75) is 30.6 Å². The Morgan fingerprint density at radius 1 is 1.17 bits per heavy atom. The van der Waals surface area contributed by atoms with Gasteiger partial charge < -0.3 is 10.1 Å². The Bertz CT molecular complexity index is 536. The summed E-state index contributed by atoms with van der Waals surface area (Å²) in [4.78, 5) is 14.6. The summed E-state index contributed by atoms with van der Waals surface area (Å²) in [5.41, 5.74) is 2.06. The number of carbonyl (C=O) groups is 1. The highest BCUT2D eigenvalue weighted by Crippen LogP contribution is 2.45. The maximum atomic E-state index is 12.3. The zero-order valence-electron chi connectivity index (χ0n) is 14.4. The van der Waals surface area contributed by atoms with Gasteiger partial charge in [-0.3, -0.25) is 9.69 Å². The molecule has 2 atom stereocenters.